The van der Waals surface area contributed by atoms with Gasteiger partial charge in [0.05, 0.1) is 0 Å². The summed E-state index contributed by atoms with van der Waals surface area (Å²) in [6.45, 7) is 13.6. The maximum absolute atomic E-state index is 13.6. The minimum absolute atomic E-state index is 0.0828. The molecule has 1 fully saturated rings. The van der Waals surface area contributed by atoms with E-state index in [4.69, 9.17) is 0 Å². The summed E-state index contributed by atoms with van der Waals surface area (Å²) in [6.07, 6.45) is 1.80. The topological polar surface area (TPSA) is 64.3 Å². The van der Waals surface area contributed by atoms with E-state index in [1.165, 1.54) is 16.8 Å². The third-order valence-electron chi connectivity index (χ3n) is 7.64. The van der Waals surface area contributed by atoms with Gasteiger partial charge in [-0.3, -0.25) is 14.8 Å². The number of anilines is 2. The Morgan fingerprint density at radius 2 is 1.59 bits per heavy atom. The number of nitrogens with zero attached hydrogens (tertiary/aromatic N) is 3. The summed E-state index contributed by atoms with van der Waals surface area (Å²) in [4.78, 5) is 18.4. The van der Waals surface area contributed by atoms with Crippen molar-refractivity contribution in [2.45, 2.75) is 46.1 Å². The summed E-state index contributed by atoms with van der Waals surface area (Å²) in [5.41, 5.74) is 8.42. The third kappa shape index (κ3) is 6.23. The van der Waals surface area contributed by atoms with Gasteiger partial charge in [0.1, 0.15) is 0 Å². The zero-order valence-electron chi connectivity index (χ0n) is 23.4. The van der Waals surface area contributed by atoms with E-state index in [2.05, 4.69) is 95.5 Å². The lowest BCUT2D eigenvalue weighted by molar-refractivity contribution is 0.102. The van der Waals surface area contributed by atoms with Gasteiger partial charge in [-0.25, -0.2) is 0 Å². The zero-order chi connectivity index (χ0) is 27.4. The molecule has 0 spiro atoms. The van der Waals surface area contributed by atoms with Crippen LogP contribution in [0.2, 0.25) is 0 Å². The molecule has 4 aromatic rings. The quantitative estimate of drug-likeness (QED) is 0.265. The molecule has 0 atom stereocenters. The van der Waals surface area contributed by atoms with E-state index in [1.807, 2.05) is 30.3 Å². The van der Waals surface area contributed by atoms with Crippen LogP contribution in [0.4, 0.5) is 11.4 Å². The summed E-state index contributed by atoms with van der Waals surface area (Å²) in [5.74, 6) is 0.688. The highest BCUT2D eigenvalue weighted by Gasteiger charge is 2.20. The molecule has 6 heteroatoms. The van der Waals surface area contributed by atoms with Crippen molar-refractivity contribution in [3.05, 3.63) is 101 Å². The molecule has 2 N–H and O–H groups in total. The van der Waals surface area contributed by atoms with Gasteiger partial charge in [0, 0.05) is 61.6 Å². The van der Waals surface area contributed by atoms with Crippen molar-refractivity contribution in [3.8, 4) is 11.1 Å². The van der Waals surface area contributed by atoms with Crippen molar-refractivity contribution < 1.29 is 4.79 Å². The fraction of sp³-hybridized carbons (Fsp3) is 0.333. The molecule has 1 aliphatic rings. The summed E-state index contributed by atoms with van der Waals surface area (Å²) in [6, 6.07) is 25.0. The highest BCUT2D eigenvalue weighted by atomic mass is 16.1. The average Bonchev–Trinajstić information content (AvgIpc) is 3.46. The lowest BCUT2D eigenvalue weighted by Crippen LogP contribution is -2.46. The third-order valence-corrected chi connectivity index (χ3v) is 7.64. The number of rotatable bonds is 8. The van der Waals surface area contributed by atoms with Crippen LogP contribution in [-0.2, 0) is 6.54 Å². The number of amides is 1. The van der Waals surface area contributed by atoms with E-state index in [0.717, 1.165) is 55.2 Å². The molecule has 2 heterocycles. The minimum Gasteiger partial charge on any atom is -0.369 e. The molecular formula is C33H39N5O. The number of aromatic amines is 1. The van der Waals surface area contributed by atoms with Crippen LogP contribution in [-0.4, -0.2) is 47.2 Å². The standard InChI is InChI=1S/C33H39N5O/c1-23(2)25-8-10-26(11-9-25)32-30(24(3)4)6-5-7-31(32)33(39)35-27-12-14-29(15-13-27)38-20-18-37(19-21-38)22-28-16-17-34-36-28/h5-17,23-24H,18-22H2,1-4H3,(H,34,36)(H,35,39). The molecule has 0 unspecified atom stereocenters. The molecule has 202 valence electrons. The molecule has 1 aliphatic heterocycles. The normalized spacial score (nSPS) is 14.3. The number of benzene rings is 3. The first kappa shape index (κ1) is 26.7. The first-order valence-corrected chi connectivity index (χ1v) is 14.0. The molecule has 3 aromatic carbocycles. The van der Waals surface area contributed by atoms with Crippen molar-refractivity contribution >= 4 is 17.3 Å². The zero-order valence-corrected chi connectivity index (χ0v) is 23.4. The van der Waals surface area contributed by atoms with Gasteiger partial charge in [-0.2, -0.15) is 5.10 Å². The van der Waals surface area contributed by atoms with Gasteiger partial charge in [0.25, 0.3) is 5.91 Å². The summed E-state index contributed by atoms with van der Waals surface area (Å²) < 4.78 is 0. The Hall–Kier alpha value is -3.90. The van der Waals surface area contributed by atoms with Gasteiger partial charge in [-0.15, -0.1) is 0 Å². The lowest BCUT2D eigenvalue weighted by Gasteiger charge is -2.35. The van der Waals surface area contributed by atoms with Gasteiger partial charge >= 0.3 is 0 Å². The monoisotopic (exact) mass is 521 g/mol. The molecule has 1 saturated heterocycles. The van der Waals surface area contributed by atoms with Crippen molar-refractivity contribution in [1.29, 1.82) is 0 Å². The Morgan fingerprint density at radius 1 is 0.872 bits per heavy atom. The van der Waals surface area contributed by atoms with Gasteiger partial charge in [0.2, 0.25) is 0 Å². The fourth-order valence-corrected chi connectivity index (χ4v) is 5.33. The first-order valence-electron chi connectivity index (χ1n) is 14.0. The molecular weight excluding hydrogens is 482 g/mol. The predicted molar refractivity (Wildman–Crippen MR) is 161 cm³/mol. The smallest absolute Gasteiger partial charge is 0.256 e. The Morgan fingerprint density at radius 3 is 2.21 bits per heavy atom. The highest BCUT2D eigenvalue weighted by Crippen LogP contribution is 2.34. The second kappa shape index (κ2) is 11.9. The molecule has 39 heavy (non-hydrogen) atoms. The fourth-order valence-electron chi connectivity index (χ4n) is 5.33. The second-order valence-electron chi connectivity index (χ2n) is 11.0. The van der Waals surface area contributed by atoms with Crippen molar-refractivity contribution in [2.75, 3.05) is 36.4 Å². The largest absolute Gasteiger partial charge is 0.369 e. The number of aromatic nitrogens is 2. The molecule has 5 rings (SSSR count). The molecule has 0 bridgehead atoms. The van der Waals surface area contributed by atoms with Crippen LogP contribution in [0, 0.1) is 0 Å². The van der Waals surface area contributed by atoms with Gasteiger partial charge in [-0.1, -0.05) is 64.1 Å². The van der Waals surface area contributed by atoms with Crippen LogP contribution in [0.5, 0.6) is 0 Å². The molecule has 1 amide bonds. The van der Waals surface area contributed by atoms with E-state index in [9.17, 15) is 4.79 Å². The predicted octanol–water partition coefficient (Wildman–Crippen LogP) is 6.90. The number of hydrogen-bond donors (Lipinski definition) is 2. The lowest BCUT2D eigenvalue weighted by atomic mass is 9.87. The Labute approximate surface area is 232 Å². The van der Waals surface area contributed by atoms with E-state index < -0.39 is 0 Å². The number of piperazine rings is 1. The highest BCUT2D eigenvalue weighted by molar-refractivity contribution is 6.09. The maximum atomic E-state index is 13.6. The van der Waals surface area contributed by atoms with Gasteiger partial charge in [-0.05, 0) is 70.5 Å². The van der Waals surface area contributed by atoms with Crippen molar-refractivity contribution in [3.63, 3.8) is 0 Å². The second-order valence-corrected chi connectivity index (χ2v) is 11.0. The SMILES string of the molecule is CC(C)c1ccc(-c2c(C(=O)Nc3ccc(N4CCN(Cc5ccn[nH]5)CC4)cc3)cccc2C(C)C)cc1. The average molecular weight is 522 g/mol. The Balaban J connectivity index is 1.28. The number of hydrogen-bond acceptors (Lipinski definition) is 4. The number of carbonyl (C=O) groups excluding carboxylic acids is 1. The molecule has 0 saturated carbocycles. The molecule has 0 radical (unpaired) electrons. The van der Waals surface area contributed by atoms with Crippen molar-refractivity contribution in [1.82, 2.24) is 15.1 Å². The van der Waals surface area contributed by atoms with E-state index in [-0.39, 0.29) is 5.91 Å². The summed E-state index contributed by atoms with van der Waals surface area (Å²) >= 11 is 0. The van der Waals surface area contributed by atoms with Crippen LogP contribution >= 0.6 is 0 Å². The maximum Gasteiger partial charge on any atom is 0.256 e. The van der Waals surface area contributed by atoms with Crippen LogP contribution in [0.1, 0.15) is 66.7 Å². The molecule has 6 nitrogen and oxygen atoms in total. The van der Waals surface area contributed by atoms with Gasteiger partial charge in [0.15, 0.2) is 0 Å². The summed E-state index contributed by atoms with van der Waals surface area (Å²) in [7, 11) is 0. The van der Waals surface area contributed by atoms with Gasteiger partial charge < -0.3 is 10.2 Å². The van der Waals surface area contributed by atoms with Crippen LogP contribution < -0.4 is 10.2 Å². The van der Waals surface area contributed by atoms with Crippen molar-refractivity contribution in [2.24, 2.45) is 0 Å². The molecule has 1 aromatic heterocycles. The Bertz CT molecular complexity index is 1370. The first-order chi connectivity index (χ1) is 18.9. The van der Waals surface area contributed by atoms with Crippen LogP contribution in [0.3, 0.4) is 0 Å². The number of H-pyrrole nitrogens is 1. The molecule has 0 aliphatic carbocycles. The van der Waals surface area contributed by atoms with Crippen LogP contribution in [0.25, 0.3) is 11.1 Å². The number of nitrogens with one attached hydrogen (secondary N) is 2. The Kier molecular flexibility index (Phi) is 8.13. The van der Waals surface area contributed by atoms with E-state index >= 15 is 0 Å². The number of carbonyl (C=O) groups is 1. The van der Waals surface area contributed by atoms with Crippen LogP contribution in [0.15, 0.2) is 79.0 Å². The minimum atomic E-state index is -0.0828. The van der Waals surface area contributed by atoms with E-state index in [1.54, 1.807) is 6.20 Å². The summed E-state index contributed by atoms with van der Waals surface area (Å²) in [5, 5.41) is 10.2. The van der Waals surface area contributed by atoms with E-state index in [0.29, 0.717) is 17.4 Å².